The van der Waals surface area contributed by atoms with Crippen LogP contribution in [0.25, 0.3) is 0 Å². The monoisotopic (exact) mass is 308 g/mol. The Hall–Kier alpha value is -2.15. The second-order valence-corrected chi connectivity index (χ2v) is 6.49. The van der Waals surface area contributed by atoms with E-state index in [2.05, 4.69) is 4.98 Å². The lowest BCUT2D eigenvalue weighted by atomic mass is 10.2. The predicted octanol–water partition coefficient (Wildman–Crippen LogP) is 1.98. The van der Waals surface area contributed by atoms with Gasteiger partial charge in [-0.3, -0.25) is 9.29 Å². The summed E-state index contributed by atoms with van der Waals surface area (Å²) in [5.41, 5.74) is 1.50. The molecule has 2 aromatic rings. The molecule has 0 unspecified atom stereocenters. The fourth-order valence-corrected chi connectivity index (χ4v) is 3.89. The van der Waals surface area contributed by atoms with Gasteiger partial charge in [-0.1, -0.05) is 0 Å². The Balaban J connectivity index is 2.06. The Kier molecular flexibility index (Phi) is 3.29. The maximum absolute atomic E-state index is 13.4. The number of aromatic nitrogens is 1. The number of hydrogen-bond acceptors (Lipinski definition) is 4. The number of nitrogens with zero attached hydrogens (tertiary/aromatic N) is 2. The predicted molar refractivity (Wildman–Crippen MR) is 75.4 cm³/mol. The van der Waals surface area contributed by atoms with Crippen LogP contribution in [0.2, 0.25) is 0 Å². The van der Waals surface area contributed by atoms with Crippen molar-refractivity contribution in [3.63, 3.8) is 0 Å². The third kappa shape index (κ3) is 2.23. The molecule has 0 radical (unpaired) electrons. The zero-order valence-electron chi connectivity index (χ0n) is 11.3. The molecule has 0 spiro atoms. The van der Waals surface area contributed by atoms with Crippen LogP contribution in [0.15, 0.2) is 41.6 Å². The topological polar surface area (TPSA) is 59.5 Å². The van der Waals surface area contributed by atoms with E-state index in [1.165, 1.54) is 23.5 Å². The first-order chi connectivity index (χ1) is 10.0. The van der Waals surface area contributed by atoms with Crippen molar-refractivity contribution in [2.24, 2.45) is 0 Å². The zero-order valence-corrected chi connectivity index (χ0v) is 12.1. The molecule has 110 valence electrons. The summed E-state index contributed by atoms with van der Waals surface area (Å²) in [5, 5.41) is 0. The average molecular weight is 308 g/mol. The average Bonchev–Trinajstić information content (AvgIpc) is 2.92. The Bertz CT molecular complexity index is 793. The number of pyridine rings is 1. The Morgan fingerprint density at radius 1 is 1.33 bits per heavy atom. The fraction of sp³-hybridized carbons (Fsp3) is 0.214. The zero-order chi connectivity index (χ0) is 15.0. The lowest BCUT2D eigenvalue weighted by Crippen LogP contribution is -2.29. The van der Waals surface area contributed by atoms with Gasteiger partial charge in [-0.2, -0.15) is 0 Å². The van der Waals surface area contributed by atoms with Gasteiger partial charge in [-0.15, -0.1) is 0 Å². The largest absolute Gasteiger partial charge is 0.494 e. The number of ether oxygens (including phenoxy) is 1. The highest BCUT2D eigenvalue weighted by Gasteiger charge is 2.31. The van der Waals surface area contributed by atoms with E-state index >= 15 is 0 Å². The Labute approximate surface area is 122 Å². The molecule has 0 bridgehead atoms. The first-order valence-electron chi connectivity index (χ1n) is 6.33. The first kappa shape index (κ1) is 13.8. The molecule has 3 rings (SSSR count). The molecule has 0 N–H and O–H groups in total. The molecule has 2 heterocycles. The molecule has 1 aromatic heterocycles. The molecule has 0 atom stereocenters. The first-order valence-corrected chi connectivity index (χ1v) is 7.77. The molecule has 0 saturated carbocycles. The van der Waals surface area contributed by atoms with Crippen LogP contribution in [0.1, 0.15) is 5.56 Å². The molecule has 0 fully saturated rings. The number of hydrogen-bond donors (Lipinski definition) is 0. The summed E-state index contributed by atoms with van der Waals surface area (Å²) in [6.45, 7) is 0.350. The summed E-state index contributed by atoms with van der Waals surface area (Å²) in [6.07, 6.45) is 3.83. The molecule has 0 aliphatic carbocycles. The molecular weight excluding hydrogens is 295 g/mol. The quantitative estimate of drug-likeness (QED) is 0.870. The SMILES string of the molecule is COc1cc(S(=O)(=O)N2CCc3cnccc32)ccc1F. The Morgan fingerprint density at radius 3 is 2.90 bits per heavy atom. The highest BCUT2D eigenvalue weighted by molar-refractivity contribution is 7.92. The van der Waals surface area contributed by atoms with Crippen molar-refractivity contribution >= 4 is 15.7 Å². The number of rotatable bonds is 3. The summed E-state index contributed by atoms with van der Waals surface area (Å²) in [6, 6.07) is 5.20. The van der Waals surface area contributed by atoms with Gasteiger partial charge in [0.25, 0.3) is 10.0 Å². The second-order valence-electron chi connectivity index (χ2n) is 4.63. The van der Waals surface area contributed by atoms with E-state index in [1.54, 1.807) is 18.5 Å². The molecule has 1 aliphatic heterocycles. The van der Waals surface area contributed by atoms with Gasteiger partial charge in [0.2, 0.25) is 0 Å². The smallest absolute Gasteiger partial charge is 0.264 e. The minimum Gasteiger partial charge on any atom is -0.494 e. The van der Waals surface area contributed by atoms with Gasteiger partial charge in [-0.25, -0.2) is 12.8 Å². The van der Waals surface area contributed by atoms with Crippen LogP contribution < -0.4 is 9.04 Å². The molecule has 7 heteroatoms. The molecule has 1 aromatic carbocycles. The minimum absolute atomic E-state index is 0.00501. The maximum Gasteiger partial charge on any atom is 0.264 e. The van der Waals surface area contributed by atoms with Crippen LogP contribution in [0.5, 0.6) is 5.75 Å². The third-order valence-corrected chi connectivity index (χ3v) is 5.25. The van der Waals surface area contributed by atoms with Crippen molar-refractivity contribution < 1.29 is 17.5 Å². The second kappa shape index (κ2) is 5.00. The van der Waals surface area contributed by atoms with E-state index < -0.39 is 15.8 Å². The minimum atomic E-state index is -3.74. The molecule has 0 amide bonds. The number of methoxy groups -OCH3 is 1. The summed E-state index contributed by atoms with van der Waals surface area (Å²) in [7, 11) is -2.45. The van der Waals surface area contributed by atoms with Gasteiger partial charge in [0, 0.05) is 25.0 Å². The van der Waals surface area contributed by atoms with Crippen LogP contribution in [0.4, 0.5) is 10.1 Å². The van der Waals surface area contributed by atoms with Gasteiger partial charge in [-0.05, 0) is 30.2 Å². The number of fused-ring (bicyclic) bond motifs is 1. The van der Waals surface area contributed by atoms with E-state index in [-0.39, 0.29) is 10.6 Å². The molecular formula is C14H13FN2O3S. The van der Waals surface area contributed by atoms with Crippen molar-refractivity contribution in [2.45, 2.75) is 11.3 Å². The number of benzene rings is 1. The number of sulfonamides is 1. The van der Waals surface area contributed by atoms with Crippen molar-refractivity contribution in [1.82, 2.24) is 4.98 Å². The lowest BCUT2D eigenvalue weighted by molar-refractivity contribution is 0.385. The van der Waals surface area contributed by atoms with E-state index in [0.29, 0.717) is 18.7 Å². The van der Waals surface area contributed by atoms with Crippen LogP contribution in [-0.4, -0.2) is 27.1 Å². The van der Waals surface area contributed by atoms with Crippen molar-refractivity contribution in [2.75, 3.05) is 18.0 Å². The van der Waals surface area contributed by atoms with Crippen molar-refractivity contribution in [3.8, 4) is 5.75 Å². The maximum atomic E-state index is 13.4. The van der Waals surface area contributed by atoms with E-state index in [4.69, 9.17) is 4.74 Å². The summed E-state index contributed by atoms with van der Waals surface area (Å²) >= 11 is 0. The molecule has 0 saturated heterocycles. The van der Waals surface area contributed by atoms with Crippen molar-refractivity contribution in [1.29, 1.82) is 0 Å². The van der Waals surface area contributed by atoms with Gasteiger partial charge in [0.15, 0.2) is 11.6 Å². The Morgan fingerprint density at radius 2 is 2.14 bits per heavy atom. The summed E-state index contributed by atoms with van der Waals surface area (Å²) < 4.78 is 45.0. The van der Waals surface area contributed by atoms with E-state index in [1.807, 2.05) is 0 Å². The van der Waals surface area contributed by atoms with Crippen LogP contribution in [0.3, 0.4) is 0 Å². The van der Waals surface area contributed by atoms with E-state index in [0.717, 1.165) is 11.6 Å². The highest BCUT2D eigenvalue weighted by Crippen LogP contribution is 2.33. The molecule has 5 nitrogen and oxygen atoms in total. The molecule has 21 heavy (non-hydrogen) atoms. The normalized spacial score (nSPS) is 14.1. The third-order valence-electron chi connectivity index (χ3n) is 3.44. The highest BCUT2D eigenvalue weighted by atomic mass is 32.2. The number of anilines is 1. The van der Waals surface area contributed by atoms with E-state index in [9.17, 15) is 12.8 Å². The van der Waals surface area contributed by atoms with Gasteiger partial charge in [0.1, 0.15) is 0 Å². The summed E-state index contributed by atoms with van der Waals surface area (Å²) in [5.74, 6) is -0.687. The fourth-order valence-electron chi connectivity index (χ4n) is 2.38. The van der Waals surface area contributed by atoms with Gasteiger partial charge < -0.3 is 4.74 Å². The van der Waals surface area contributed by atoms with Gasteiger partial charge in [0.05, 0.1) is 17.7 Å². The number of halogens is 1. The van der Waals surface area contributed by atoms with Crippen molar-refractivity contribution in [3.05, 3.63) is 48.0 Å². The van der Waals surface area contributed by atoms with Gasteiger partial charge >= 0.3 is 0 Å². The standard InChI is InChI=1S/C14H13FN2O3S/c1-20-14-8-11(2-3-12(14)15)21(18,19)17-7-5-10-9-16-6-4-13(10)17/h2-4,6,8-9H,5,7H2,1H3. The molecule has 1 aliphatic rings. The van der Waals surface area contributed by atoms with Crippen LogP contribution >= 0.6 is 0 Å². The van der Waals surface area contributed by atoms with Crippen LogP contribution in [0, 0.1) is 5.82 Å². The van der Waals surface area contributed by atoms with Crippen LogP contribution in [-0.2, 0) is 16.4 Å². The summed E-state index contributed by atoms with van der Waals surface area (Å²) in [4.78, 5) is 4.00. The lowest BCUT2D eigenvalue weighted by Gasteiger charge is -2.19.